The molecule has 0 atom stereocenters. The number of nitrogens with one attached hydrogen (secondary N) is 1. The summed E-state index contributed by atoms with van der Waals surface area (Å²) in [6.45, 7) is 2.08. The Kier molecular flexibility index (Phi) is 7.89. The summed E-state index contributed by atoms with van der Waals surface area (Å²) in [5, 5.41) is 2.79. The molecule has 136 valence electrons. The fraction of sp³-hybridized carbons (Fsp3) is 0.200. The van der Waals surface area contributed by atoms with Crippen molar-refractivity contribution in [3.05, 3.63) is 66.0 Å². The molecule has 4 nitrogen and oxygen atoms in total. The van der Waals surface area contributed by atoms with Crippen molar-refractivity contribution in [2.24, 2.45) is 0 Å². The lowest BCUT2D eigenvalue weighted by Crippen LogP contribution is -2.12. The van der Waals surface area contributed by atoms with Gasteiger partial charge in [0.05, 0.1) is 6.61 Å². The number of ether oxygens (including phenoxy) is 1. The average molecular weight is 373 g/mol. The highest BCUT2D eigenvalue weighted by atomic mass is 32.2. The summed E-state index contributed by atoms with van der Waals surface area (Å²) in [5.74, 6) is -0.308. The number of carbonyl (C=O) groups excluding carboxylic acids is 2. The van der Waals surface area contributed by atoms with Gasteiger partial charge in [-0.1, -0.05) is 24.3 Å². The van der Waals surface area contributed by atoms with Crippen LogP contribution in [0, 0.1) is 5.82 Å². The molecule has 0 heterocycles. The van der Waals surface area contributed by atoms with Gasteiger partial charge < -0.3 is 10.1 Å². The topological polar surface area (TPSA) is 55.4 Å². The van der Waals surface area contributed by atoms with Crippen LogP contribution < -0.4 is 5.32 Å². The Hall–Kier alpha value is -2.60. The predicted molar refractivity (Wildman–Crippen MR) is 102 cm³/mol. The van der Waals surface area contributed by atoms with Crippen molar-refractivity contribution in [1.29, 1.82) is 0 Å². The molecule has 0 aliphatic rings. The Morgan fingerprint density at radius 3 is 2.58 bits per heavy atom. The average Bonchev–Trinajstić information content (AvgIpc) is 2.63. The summed E-state index contributed by atoms with van der Waals surface area (Å²) >= 11 is 1.31. The second kappa shape index (κ2) is 10.4. The molecule has 1 amide bonds. The smallest absolute Gasteiger partial charge is 0.330 e. The van der Waals surface area contributed by atoms with Crippen LogP contribution in [0.1, 0.15) is 18.9 Å². The van der Waals surface area contributed by atoms with E-state index < -0.39 is 5.97 Å². The van der Waals surface area contributed by atoms with Crippen LogP contribution in [0.15, 0.2) is 59.5 Å². The van der Waals surface area contributed by atoms with E-state index in [1.165, 1.54) is 23.9 Å². The van der Waals surface area contributed by atoms with Gasteiger partial charge in [0.25, 0.3) is 0 Å². The molecule has 1 N–H and O–H groups in total. The Labute approximate surface area is 156 Å². The highest BCUT2D eigenvalue weighted by molar-refractivity contribution is 7.99. The first kappa shape index (κ1) is 19.7. The summed E-state index contributed by atoms with van der Waals surface area (Å²) in [6.07, 6.45) is 3.29. The number of rotatable bonds is 8. The number of thioether (sulfide) groups is 1. The van der Waals surface area contributed by atoms with Crippen LogP contribution in [-0.4, -0.2) is 24.2 Å². The molecule has 0 saturated carbocycles. The second-order valence-electron chi connectivity index (χ2n) is 5.28. The molecule has 0 radical (unpaired) electrons. The normalized spacial score (nSPS) is 10.7. The van der Waals surface area contributed by atoms with E-state index in [0.29, 0.717) is 22.9 Å². The minimum Gasteiger partial charge on any atom is -0.463 e. The van der Waals surface area contributed by atoms with E-state index in [-0.39, 0.29) is 18.1 Å². The second-order valence-corrected chi connectivity index (χ2v) is 6.42. The minimum atomic E-state index is -0.391. The zero-order valence-corrected chi connectivity index (χ0v) is 15.2. The van der Waals surface area contributed by atoms with Gasteiger partial charge in [0.1, 0.15) is 5.82 Å². The molecule has 0 aromatic heterocycles. The molecule has 2 aromatic rings. The number of carbonyl (C=O) groups is 2. The lowest BCUT2D eigenvalue weighted by Gasteiger charge is -2.06. The van der Waals surface area contributed by atoms with E-state index in [9.17, 15) is 14.0 Å². The first-order chi connectivity index (χ1) is 12.6. The van der Waals surface area contributed by atoms with Gasteiger partial charge in [-0.05, 0) is 42.8 Å². The molecule has 0 aliphatic carbocycles. The minimum absolute atomic E-state index is 0.136. The predicted octanol–water partition coefficient (Wildman–Crippen LogP) is 4.52. The first-order valence-electron chi connectivity index (χ1n) is 8.20. The summed E-state index contributed by atoms with van der Waals surface area (Å²) in [7, 11) is 0. The number of anilines is 1. The van der Waals surface area contributed by atoms with Gasteiger partial charge in [0.2, 0.25) is 5.91 Å². The molecule has 0 spiro atoms. The molecule has 0 unspecified atom stereocenters. The lowest BCUT2D eigenvalue weighted by molar-refractivity contribution is -0.137. The molecule has 2 rings (SSSR count). The number of halogens is 1. The quantitative estimate of drug-likeness (QED) is 0.420. The summed E-state index contributed by atoms with van der Waals surface area (Å²) < 4.78 is 18.3. The number of amides is 1. The third-order valence-electron chi connectivity index (χ3n) is 3.32. The zero-order valence-electron chi connectivity index (χ0n) is 14.4. The zero-order chi connectivity index (χ0) is 18.8. The maximum atomic E-state index is 13.5. The highest BCUT2D eigenvalue weighted by Gasteiger charge is 2.05. The number of esters is 1. The number of hydrogen-bond donors (Lipinski definition) is 1. The van der Waals surface area contributed by atoms with Crippen LogP contribution in [0.2, 0.25) is 0 Å². The fourth-order valence-electron chi connectivity index (χ4n) is 2.07. The summed E-state index contributed by atoms with van der Waals surface area (Å²) in [5.41, 5.74) is 1.49. The number of benzene rings is 2. The molecule has 26 heavy (non-hydrogen) atoms. The van der Waals surface area contributed by atoms with E-state index in [4.69, 9.17) is 4.74 Å². The Bertz CT molecular complexity index is 775. The van der Waals surface area contributed by atoms with Crippen molar-refractivity contribution in [2.75, 3.05) is 17.7 Å². The van der Waals surface area contributed by atoms with Crippen LogP contribution in [0.5, 0.6) is 0 Å². The Balaban J connectivity index is 1.78. The highest BCUT2D eigenvalue weighted by Crippen LogP contribution is 2.22. The van der Waals surface area contributed by atoms with E-state index in [1.807, 2.05) is 0 Å². The molecule has 0 saturated heterocycles. The fourth-order valence-corrected chi connectivity index (χ4v) is 2.96. The van der Waals surface area contributed by atoms with Crippen LogP contribution in [0.25, 0.3) is 6.08 Å². The van der Waals surface area contributed by atoms with Gasteiger partial charge in [-0.3, -0.25) is 4.79 Å². The first-order valence-corrected chi connectivity index (χ1v) is 9.19. The van der Waals surface area contributed by atoms with Crippen LogP contribution in [0.3, 0.4) is 0 Å². The standard InChI is InChI=1S/C20H20FNO3S/c1-2-25-20(24)12-9-15-7-10-16(11-8-15)22-19(23)13-14-26-18-6-4-3-5-17(18)21/h3-12H,2,13-14H2,1H3,(H,22,23)/b12-9+. The van der Waals surface area contributed by atoms with E-state index >= 15 is 0 Å². The molecule has 0 fully saturated rings. The van der Waals surface area contributed by atoms with Gasteiger partial charge >= 0.3 is 5.97 Å². The van der Waals surface area contributed by atoms with Crippen molar-refractivity contribution in [2.45, 2.75) is 18.2 Å². The molecule has 6 heteroatoms. The van der Waals surface area contributed by atoms with Crippen LogP contribution >= 0.6 is 11.8 Å². The van der Waals surface area contributed by atoms with E-state index in [0.717, 1.165) is 5.56 Å². The van der Waals surface area contributed by atoms with Crippen molar-refractivity contribution >= 4 is 35.4 Å². The van der Waals surface area contributed by atoms with Gasteiger partial charge in [-0.25, -0.2) is 9.18 Å². The maximum absolute atomic E-state index is 13.5. The molecular weight excluding hydrogens is 353 g/mol. The van der Waals surface area contributed by atoms with Crippen molar-refractivity contribution in [1.82, 2.24) is 0 Å². The largest absolute Gasteiger partial charge is 0.463 e. The Morgan fingerprint density at radius 1 is 1.15 bits per heavy atom. The number of hydrogen-bond acceptors (Lipinski definition) is 4. The maximum Gasteiger partial charge on any atom is 0.330 e. The third-order valence-corrected chi connectivity index (χ3v) is 4.37. The third kappa shape index (κ3) is 6.72. The van der Waals surface area contributed by atoms with Crippen LogP contribution in [0.4, 0.5) is 10.1 Å². The van der Waals surface area contributed by atoms with Gasteiger partial charge in [-0.15, -0.1) is 11.8 Å². The summed E-state index contributed by atoms with van der Waals surface area (Å²) in [4.78, 5) is 23.8. The van der Waals surface area contributed by atoms with Crippen molar-refractivity contribution in [3.63, 3.8) is 0 Å². The monoisotopic (exact) mass is 373 g/mol. The lowest BCUT2D eigenvalue weighted by atomic mass is 10.2. The molecule has 2 aromatic carbocycles. The molecular formula is C20H20FNO3S. The molecule has 0 aliphatic heterocycles. The van der Waals surface area contributed by atoms with Gasteiger partial charge in [0, 0.05) is 28.8 Å². The molecule has 0 bridgehead atoms. The van der Waals surface area contributed by atoms with Crippen molar-refractivity contribution < 1.29 is 18.7 Å². The van der Waals surface area contributed by atoms with E-state index in [2.05, 4.69) is 5.32 Å². The van der Waals surface area contributed by atoms with Crippen LogP contribution in [-0.2, 0) is 14.3 Å². The van der Waals surface area contributed by atoms with Gasteiger partial charge in [-0.2, -0.15) is 0 Å². The van der Waals surface area contributed by atoms with Gasteiger partial charge in [0.15, 0.2) is 0 Å². The SMILES string of the molecule is CCOC(=O)/C=C/c1ccc(NC(=O)CCSc2ccccc2F)cc1. The Morgan fingerprint density at radius 2 is 1.88 bits per heavy atom. The van der Waals surface area contributed by atoms with Crippen molar-refractivity contribution in [3.8, 4) is 0 Å². The van der Waals surface area contributed by atoms with E-state index in [1.54, 1.807) is 55.5 Å². The summed E-state index contributed by atoms with van der Waals surface area (Å²) in [6, 6.07) is 13.6.